The summed E-state index contributed by atoms with van der Waals surface area (Å²) in [5.74, 6) is 0.411. The Morgan fingerprint density at radius 2 is 1.97 bits per heavy atom. The van der Waals surface area contributed by atoms with Crippen LogP contribution >= 0.6 is 47.2 Å². The van der Waals surface area contributed by atoms with E-state index < -0.39 is 0 Å². The summed E-state index contributed by atoms with van der Waals surface area (Å²) in [4.78, 5) is 6.59. The van der Waals surface area contributed by atoms with Gasteiger partial charge in [0.15, 0.2) is 5.96 Å². The van der Waals surface area contributed by atoms with Crippen LogP contribution in [0, 0.1) is 5.82 Å². The molecule has 0 aliphatic carbocycles. The van der Waals surface area contributed by atoms with Crippen molar-refractivity contribution >= 4 is 53.1 Å². The number of hydrogen-bond donors (Lipinski definition) is 2. The Kier molecular flexibility index (Phi) is 10.2. The second-order valence-electron chi connectivity index (χ2n) is 6.86. The first-order valence-electron chi connectivity index (χ1n) is 9.51. The number of nitrogens with one attached hydrogen (secondary N) is 2. The van der Waals surface area contributed by atoms with E-state index in [1.165, 1.54) is 6.07 Å². The van der Waals surface area contributed by atoms with Crippen molar-refractivity contribution in [2.24, 2.45) is 12.0 Å². The number of aromatic nitrogens is 1. The van der Waals surface area contributed by atoms with E-state index in [-0.39, 0.29) is 35.8 Å². The molecule has 1 aliphatic heterocycles. The van der Waals surface area contributed by atoms with Crippen molar-refractivity contribution in [1.29, 1.82) is 0 Å². The van der Waals surface area contributed by atoms with E-state index in [0.717, 1.165) is 24.3 Å². The van der Waals surface area contributed by atoms with E-state index >= 15 is 0 Å². The van der Waals surface area contributed by atoms with Gasteiger partial charge in [0.1, 0.15) is 11.0 Å². The third-order valence-corrected chi connectivity index (χ3v) is 5.90. The molecule has 1 saturated heterocycles. The van der Waals surface area contributed by atoms with Crippen LogP contribution in [-0.2, 0) is 18.3 Å². The predicted molar refractivity (Wildman–Crippen MR) is 131 cm³/mol. The molecule has 1 fully saturated rings. The molecule has 0 spiro atoms. The summed E-state index contributed by atoms with van der Waals surface area (Å²) in [7, 11) is 3.58. The van der Waals surface area contributed by atoms with E-state index in [2.05, 4.69) is 20.5 Å². The Morgan fingerprint density at radius 1 is 1.23 bits per heavy atom. The van der Waals surface area contributed by atoms with Crippen LogP contribution in [-0.4, -0.2) is 55.3 Å². The van der Waals surface area contributed by atoms with Gasteiger partial charge >= 0.3 is 0 Å². The average molecular weight is 570 g/mol. The fourth-order valence-electron chi connectivity index (χ4n) is 3.41. The largest absolute Gasteiger partial charge is 0.379 e. The highest BCUT2D eigenvalue weighted by atomic mass is 127. The molecule has 1 aliphatic rings. The number of benzene rings is 1. The average Bonchev–Trinajstić information content (AvgIpc) is 2.98. The van der Waals surface area contributed by atoms with E-state index in [1.54, 1.807) is 19.2 Å². The van der Waals surface area contributed by atoms with Crippen LogP contribution in [0.2, 0.25) is 10.2 Å². The van der Waals surface area contributed by atoms with E-state index in [4.69, 9.17) is 27.9 Å². The minimum absolute atomic E-state index is 0. The molecule has 3 rings (SSSR count). The quantitative estimate of drug-likeness (QED) is 0.315. The zero-order valence-electron chi connectivity index (χ0n) is 17.0. The Labute approximate surface area is 203 Å². The molecule has 1 atom stereocenters. The molecule has 6 nitrogen and oxygen atoms in total. The third-order valence-electron chi connectivity index (χ3n) is 5.06. The van der Waals surface area contributed by atoms with Crippen LogP contribution in [0.5, 0.6) is 0 Å². The summed E-state index contributed by atoms with van der Waals surface area (Å²) in [6.07, 6.45) is 0. The molecule has 1 aromatic carbocycles. The van der Waals surface area contributed by atoms with Gasteiger partial charge < -0.3 is 19.9 Å². The lowest BCUT2D eigenvalue weighted by Crippen LogP contribution is -2.46. The molecule has 30 heavy (non-hydrogen) atoms. The number of nitrogens with zero attached hydrogens (tertiary/aromatic N) is 3. The van der Waals surface area contributed by atoms with Crippen molar-refractivity contribution in [1.82, 2.24) is 20.1 Å². The van der Waals surface area contributed by atoms with Gasteiger partial charge in [0.2, 0.25) is 0 Å². The Balaban J connectivity index is 0.00000320. The molecule has 166 valence electrons. The van der Waals surface area contributed by atoms with Crippen molar-refractivity contribution in [3.63, 3.8) is 0 Å². The topological polar surface area (TPSA) is 53.8 Å². The van der Waals surface area contributed by atoms with E-state index in [9.17, 15) is 4.39 Å². The van der Waals surface area contributed by atoms with Crippen LogP contribution in [0.15, 0.2) is 35.3 Å². The first kappa shape index (κ1) is 25.2. The molecular weight excluding hydrogens is 543 g/mol. The van der Waals surface area contributed by atoms with Crippen LogP contribution < -0.4 is 10.6 Å². The number of rotatable bonds is 6. The number of halogens is 4. The second kappa shape index (κ2) is 12.1. The maximum Gasteiger partial charge on any atom is 0.191 e. The van der Waals surface area contributed by atoms with E-state index in [0.29, 0.717) is 42.4 Å². The molecule has 10 heteroatoms. The molecule has 2 heterocycles. The highest BCUT2D eigenvalue weighted by Gasteiger charge is 2.23. The van der Waals surface area contributed by atoms with Gasteiger partial charge in [-0.05, 0) is 23.8 Å². The van der Waals surface area contributed by atoms with Crippen LogP contribution in [0.4, 0.5) is 4.39 Å². The molecule has 0 radical (unpaired) electrons. The number of hydrogen-bond acceptors (Lipinski definition) is 3. The van der Waals surface area contributed by atoms with Gasteiger partial charge in [0.25, 0.3) is 0 Å². The zero-order valence-corrected chi connectivity index (χ0v) is 20.8. The standard InChI is InChI=1S/C20H26Cl2FN5O.HI/c1-24-20(25-12-16-11-17(21)19(22)27(16)2)26-13-18(28-6-8-29-9-7-28)14-4-3-5-15(23)10-14;/h3-5,10-11,18H,6-9,12-13H2,1-2H3,(H2,24,25,26);1H. The van der Waals surface area contributed by atoms with Crippen LogP contribution in [0.1, 0.15) is 17.3 Å². The zero-order chi connectivity index (χ0) is 20.8. The SMILES string of the molecule is CN=C(NCc1cc(Cl)c(Cl)n1C)NCC(c1cccc(F)c1)N1CCOCC1.I. The van der Waals surface area contributed by atoms with Crippen molar-refractivity contribution < 1.29 is 9.13 Å². The van der Waals surface area contributed by atoms with Crippen LogP contribution in [0.3, 0.4) is 0 Å². The Morgan fingerprint density at radius 3 is 2.57 bits per heavy atom. The van der Waals surface area contributed by atoms with Crippen molar-refractivity contribution in [3.05, 3.63) is 57.6 Å². The summed E-state index contributed by atoms with van der Waals surface area (Å²) in [6.45, 7) is 4.05. The first-order chi connectivity index (χ1) is 14.0. The van der Waals surface area contributed by atoms with Gasteiger partial charge in [-0.2, -0.15) is 0 Å². The maximum atomic E-state index is 13.8. The third kappa shape index (κ3) is 6.46. The highest BCUT2D eigenvalue weighted by Crippen LogP contribution is 2.25. The first-order valence-corrected chi connectivity index (χ1v) is 10.3. The van der Waals surface area contributed by atoms with E-state index in [1.807, 2.05) is 23.7 Å². The Bertz CT molecular complexity index is 858. The lowest BCUT2D eigenvalue weighted by atomic mass is 10.0. The van der Waals surface area contributed by atoms with Gasteiger partial charge in [-0.15, -0.1) is 24.0 Å². The van der Waals surface area contributed by atoms with Crippen molar-refractivity contribution in [3.8, 4) is 0 Å². The summed E-state index contributed by atoms with van der Waals surface area (Å²) in [6, 6.07) is 8.58. The molecular formula is C20H27Cl2FIN5O. The normalized spacial score (nSPS) is 16.1. The molecule has 0 bridgehead atoms. The minimum atomic E-state index is -0.235. The van der Waals surface area contributed by atoms with Gasteiger partial charge in [0.05, 0.1) is 30.8 Å². The van der Waals surface area contributed by atoms with Crippen LogP contribution in [0.25, 0.3) is 0 Å². The Hall–Kier alpha value is -1.07. The lowest BCUT2D eigenvalue weighted by Gasteiger charge is -2.35. The van der Waals surface area contributed by atoms with Gasteiger partial charge in [0, 0.05) is 39.4 Å². The predicted octanol–water partition coefficient (Wildman–Crippen LogP) is 3.83. The number of ether oxygens (including phenoxy) is 1. The molecule has 0 saturated carbocycles. The number of guanidine groups is 1. The summed E-state index contributed by atoms with van der Waals surface area (Å²) in [5.41, 5.74) is 1.87. The minimum Gasteiger partial charge on any atom is -0.379 e. The van der Waals surface area contributed by atoms with Crippen molar-refractivity contribution in [2.45, 2.75) is 12.6 Å². The fourth-order valence-corrected chi connectivity index (χ4v) is 3.82. The summed E-state index contributed by atoms with van der Waals surface area (Å²) < 4.78 is 21.1. The fraction of sp³-hybridized carbons (Fsp3) is 0.450. The molecule has 2 aromatic rings. The smallest absolute Gasteiger partial charge is 0.191 e. The summed E-state index contributed by atoms with van der Waals surface area (Å²) >= 11 is 12.2. The van der Waals surface area contributed by atoms with Gasteiger partial charge in [-0.1, -0.05) is 35.3 Å². The molecule has 2 N–H and O–H groups in total. The molecule has 1 unspecified atom stereocenters. The lowest BCUT2D eigenvalue weighted by molar-refractivity contribution is 0.0169. The number of aliphatic imine (C=N–C) groups is 1. The maximum absolute atomic E-state index is 13.8. The highest BCUT2D eigenvalue weighted by molar-refractivity contribution is 14.0. The summed E-state index contributed by atoms with van der Waals surface area (Å²) in [5, 5.41) is 7.65. The second-order valence-corrected chi connectivity index (χ2v) is 7.62. The molecule has 1 aromatic heterocycles. The van der Waals surface area contributed by atoms with Gasteiger partial charge in [-0.25, -0.2) is 4.39 Å². The molecule has 0 amide bonds. The van der Waals surface area contributed by atoms with Crippen molar-refractivity contribution in [2.75, 3.05) is 39.9 Å². The number of morpholine rings is 1. The van der Waals surface area contributed by atoms with Gasteiger partial charge in [-0.3, -0.25) is 9.89 Å². The monoisotopic (exact) mass is 569 g/mol.